The van der Waals surface area contributed by atoms with Gasteiger partial charge in [0.05, 0.1) is 6.54 Å². The molecule has 8 heteroatoms. The summed E-state index contributed by atoms with van der Waals surface area (Å²) in [4.78, 5) is 17.1. The average molecular weight is 540 g/mol. The topological polar surface area (TPSA) is 83.0 Å². The Labute approximate surface area is 196 Å². The van der Waals surface area contributed by atoms with Crippen LogP contribution < -0.4 is 10.6 Å². The summed E-state index contributed by atoms with van der Waals surface area (Å²) in [7, 11) is 0. The van der Waals surface area contributed by atoms with Gasteiger partial charge >= 0.3 is 5.97 Å². The van der Waals surface area contributed by atoms with Crippen LogP contribution in [0.15, 0.2) is 22.5 Å². The summed E-state index contributed by atoms with van der Waals surface area (Å²) in [6.45, 7) is 11.3. The average Bonchev–Trinajstić information content (AvgIpc) is 3.12. The number of hydrogen-bond donors (Lipinski definition) is 3. The molecule has 0 aliphatic carbocycles. The van der Waals surface area contributed by atoms with E-state index in [1.807, 2.05) is 45.2 Å². The lowest BCUT2D eigenvalue weighted by atomic mass is 10.1. The lowest BCUT2D eigenvalue weighted by molar-refractivity contribution is -0.154. The van der Waals surface area contributed by atoms with Crippen molar-refractivity contribution in [2.45, 2.75) is 77.9 Å². The van der Waals surface area contributed by atoms with Gasteiger partial charge < -0.3 is 20.5 Å². The molecule has 0 spiro atoms. The summed E-state index contributed by atoms with van der Waals surface area (Å²) < 4.78 is 5.31. The molecule has 0 bridgehead atoms. The first-order valence-electron chi connectivity index (χ1n) is 10.1. The molecular weight excluding hydrogens is 501 g/mol. The van der Waals surface area contributed by atoms with Crippen LogP contribution in [-0.2, 0) is 15.1 Å². The van der Waals surface area contributed by atoms with Gasteiger partial charge in [-0.25, -0.2) is 4.99 Å². The minimum absolute atomic E-state index is 0. The fourth-order valence-corrected chi connectivity index (χ4v) is 3.36. The predicted octanol–water partition coefficient (Wildman–Crippen LogP) is 4.42. The summed E-state index contributed by atoms with van der Waals surface area (Å²) >= 11 is 1.54. The van der Waals surface area contributed by atoms with Crippen molar-refractivity contribution < 1.29 is 14.6 Å². The van der Waals surface area contributed by atoms with E-state index in [1.54, 1.807) is 6.92 Å². The molecule has 29 heavy (non-hydrogen) atoms. The maximum absolute atomic E-state index is 11.7. The minimum Gasteiger partial charge on any atom is -0.460 e. The first-order valence-corrected chi connectivity index (χ1v) is 11.0. The molecule has 3 N–H and O–H groups in total. The summed E-state index contributed by atoms with van der Waals surface area (Å²) in [5.74, 6) is 0.595. The van der Waals surface area contributed by atoms with Crippen molar-refractivity contribution in [3.05, 3.63) is 22.4 Å². The number of hydrogen-bond acceptors (Lipinski definition) is 5. The summed E-state index contributed by atoms with van der Waals surface area (Å²) in [6.07, 6.45) is 4.38. The van der Waals surface area contributed by atoms with Gasteiger partial charge in [-0.2, -0.15) is 0 Å². The van der Waals surface area contributed by atoms with Crippen LogP contribution in [-0.4, -0.2) is 42.3 Å². The van der Waals surface area contributed by atoms with Crippen LogP contribution in [0.5, 0.6) is 0 Å². The highest BCUT2D eigenvalue weighted by atomic mass is 127. The molecule has 0 saturated carbocycles. The normalized spacial score (nSPS) is 13.9. The van der Waals surface area contributed by atoms with Crippen molar-refractivity contribution in [2.75, 3.05) is 19.6 Å². The van der Waals surface area contributed by atoms with Crippen molar-refractivity contribution in [1.82, 2.24) is 10.6 Å². The van der Waals surface area contributed by atoms with Crippen LogP contribution in [0, 0.1) is 0 Å². The fourth-order valence-electron chi connectivity index (χ4n) is 2.58. The van der Waals surface area contributed by atoms with Crippen molar-refractivity contribution in [3.63, 3.8) is 0 Å². The molecule has 0 saturated heterocycles. The molecule has 168 valence electrons. The molecule has 0 aliphatic rings. The van der Waals surface area contributed by atoms with Gasteiger partial charge in [0.2, 0.25) is 0 Å². The number of guanidine groups is 1. The summed E-state index contributed by atoms with van der Waals surface area (Å²) in [6, 6.07) is 3.86. The molecule has 0 amide bonds. The van der Waals surface area contributed by atoms with Crippen molar-refractivity contribution >= 4 is 47.2 Å². The van der Waals surface area contributed by atoms with Gasteiger partial charge in [-0.15, -0.1) is 35.3 Å². The highest BCUT2D eigenvalue weighted by molar-refractivity contribution is 14.0. The number of thiophene rings is 1. The highest BCUT2D eigenvalue weighted by Gasteiger charge is 2.24. The Morgan fingerprint density at radius 3 is 2.45 bits per heavy atom. The van der Waals surface area contributed by atoms with Crippen molar-refractivity contribution in [3.8, 4) is 0 Å². The van der Waals surface area contributed by atoms with E-state index in [0.717, 1.165) is 43.6 Å². The van der Waals surface area contributed by atoms with E-state index in [9.17, 15) is 9.90 Å². The quantitative estimate of drug-likeness (QED) is 0.128. The van der Waals surface area contributed by atoms with Gasteiger partial charge in [0.15, 0.2) is 5.96 Å². The van der Waals surface area contributed by atoms with Crippen LogP contribution in [0.3, 0.4) is 0 Å². The number of halogens is 1. The zero-order valence-corrected chi connectivity index (χ0v) is 21.6. The SMILES string of the molecule is CCNC(=NCC(C)(O)c1cccs1)NCCCCCCC(=O)OC(C)(C)C.I. The Morgan fingerprint density at radius 2 is 1.86 bits per heavy atom. The number of rotatable bonds is 11. The Bertz CT molecular complexity index is 599. The molecule has 0 aromatic carbocycles. The second-order valence-corrected chi connectivity index (χ2v) is 9.07. The third kappa shape index (κ3) is 13.1. The maximum Gasteiger partial charge on any atom is 0.306 e. The molecule has 1 heterocycles. The van der Waals surface area contributed by atoms with E-state index in [-0.39, 0.29) is 29.9 Å². The number of aliphatic hydroxyl groups is 1. The largest absolute Gasteiger partial charge is 0.460 e. The number of ether oxygens (including phenoxy) is 1. The van der Waals surface area contributed by atoms with Gasteiger partial charge in [-0.05, 0) is 58.9 Å². The highest BCUT2D eigenvalue weighted by Crippen LogP contribution is 2.25. The van der Waals surface area contributed by atoms with Gasteiger partial charge in [0.25, 0.3) is 0 Å². The van der Waals surface area contributed by atoms with Crippen LogP contribution in [0.4, 0.5) is 0 Å². The Morgan fingerprint density at radius 1 is 1.17 bits per heavy atom. The molecule has 1 rings (SSSR count). The first-order chi connectivity index (χ1) is 13.1. The van der Waals surface area contributed by atoms with Crippen LogP contribution in [0.25, 0.3) is 0 Å². The molecule has 0 fully saturated rings. The van der Waals surface area contributed by atoms with Gasteiger partial charge in [0, 0.05) is 24.4 Å². The zero-order valence-electron chi connectivity index (χ0n) is 18.4. The molecule has 0 radical (unpaired) electrons. The zero-order chi connectivity index (χ0) is 21.0. The molecule has 1 aromatic heterocycles. The lowest BCUT2D eigenvalue weighted by Crippen LogP contribution is -2.39. The molecule has 1 unspecified atom stereocenters. The number of carbonyl (C=O) groups excluding carboxylic acids is 1. The third-order valence-electron chi connectivity index (χ3n) is 3.96. The lowest BCUT2D eigenvalue weighted by Gasteiger charge is -2.20. The third-order valence-corrected chi connectivity index (χ3v) is 5.08. The summed E-state index contributed by atoms with van der Waals surface area (Å²) in [5, 5.41) is 19.1. The Hall–Kier alpha value is -0.870. The summed E-state index contributed by atoms with van der Waals surface area (Å²) in [5.41, 5.74) is -1.37. The standard InChI is InChI=1S/C21H37N3O3S.HI/c1-6-22-19(24-16-21(5,26)17-12-11-15-28-17)23-14-10-8-7-9-13-18(25)27-20(2,3)4;/h11-12,15,26H,6-10,13-14,16H2,1-5H3,(H2,22,23,24);1H. The van der Waals surface area contributed by atoms with Gasteiger partial charge in [-0.3, -0.25) is 4.79 Å². The molecular formula is C21H38IN3O3S. The molecule has 1 atom stereocenters. The van der Waals surface area contributed by atoms with Crippen LogP contribution >= 0.6 is 35.3 Å². The number of carbonyl (C=O) groups is 1. The number of aliphatic imine (C=N–C) groups is 1. The van der Waals surface area contributed by atoms with Gasteiger partial charge in [-0.1, -0.05) is 18.9 Å². The number of nitrogens with one attached hydrogen (secondary N) is 2. The van der Waals surface area contributed by atoms with Crippen LogP contribution in [0.1, 0.15) is 71.6 Å². The van der Waals surface area contributed by atoms with E-state index in [0.29, 0.717) is 18.9 Å². The Kier molecular flexibility index (Phi) is 13.8. The first kappa shape index (κ1) is 28.1. The van der Waals surface area contributed by atoms with Gasteiger partial charge in [0.1, 0.15) is 11.2 Å². The number of unbranched alkanes of at least 4 members (excludes halogenated alkanes) is 3. The molecule has 0 aliphatic heterocycles. The number of nitrogens with zero attached hydrogens (tertiary/aromatic N) is 1. The van der Waals surface area contributed by atoms with Crippen molar-refractivity contribution in [1.29, 1.82) is 0 Å². The second-order valence-electron chi connectivity index (χ2n) is 8.12. The maximum atomic E-state index is 11.7. The number of esters is 1. The minimum atomic E-state index is -0.960. The van der Waals surface area contributed by atoms with E-state index >= 15 is 0 Å². The second kappa shape index (κ2) is 14.2. The predicted molar refractivity (Wildman–Crippen MR) is 132 cm³/mol. The monoisotopic (exact) mass is 539 g/mol. The smallest absolute Gasteiger partial charge is 0.306 e. The molecule has 6 nitrogen and oxygen atoms in total. The van der Waals surface area contributed by atoms with E-state index in [4.69, 9.17) is 4.74 Å². The van der Waals surface area contributed by atoms with Crippen molar-refractivity contribution in [2.24, 2.45) is 4.99 Å². The van der Waals surface area contributed by atoms with E-state index in [2.05, 4.69) is 15.6 Å². The van der Waals surface area contributed by atoms with E-state index < -0.39 is 11.2 Å². The fraction of sp³-hybridized carbons (Fsp3) is 0.714. The van der Waals surface area contributed by atoms with Crippen LogP contribution in [0.2, 0.25) is 0 Å². The van der Waals surface area contributed by atoms with E-state index in [1.165, 1.54) is 11.3 Å². The Balaban J connectivity index is 0.00000784. The molecule has 1 aromatic rings.